The van der Waals surface area contributed by atoms with Crippen LogP contribution in [0.1, 0.15) is 12.0 Å². The summed E-state index contributed by atoms with van der Waals surface area (Å²) in [6, 6.07) is 18.8. The average molecular weight is 496 g/mol. The quantitative estimate of drug-likeness (QED) is 0.491. The molecule has 1 N–H and O–H groups in total. The number of nitrogens with zero attached hydrogens (tertiary/aromatic N) is 2. The zero-order valence-electron chi connectivity index (χ0n) is 18.9. The third-order valence-corrected chi connectivity index (χ3v) is 6.58. The van der Waals surface area contributed by atoms with Crippen molar-refractivity contribution < 1.29 is 23.1 Å². The molecule has 0 aromatic heterocycles. The van der Waals surface area contributed by atoms with E-state index in [0.29, 0.717) is 17.9 Å². The smallest absolute Gasteiger partial charge is 0.238 e. The van der Waals surface area contributed by atoms with Gasteiger partial charge in [0.05, 0.1) is 7.11 Å². The Morgan fingerprint density at radius 3 is 2.49 bits per heavy atom. The van der Waals surface area contributed by atoms with Crippen LogP contribution < -0.4 is 10.1 Å². The van der Waals surface area contributed by atoms with Crippen molar-refractivity contribution in [2.75, 3.05) is 19.0 Å². The van der Waals surface area contributed by atoms with E-state index in [1.54, 1.807) is 55.6 Å². The third kappa shape index (κ3) is 6.24. The minimum Gasteiger partial charge on any atom is -0.497 e. The Kier molecular flexibility index (Phi) is 7.77. The Bertz CT molecular complexity index is 1230. The standard InChI is InChI=1S/C26H23F2N3O3S/c1-34-20-12-10-19(11-13-20)29-25(33)23-16-24(32)31(15-14-17-6-8-18(27)9-7-17)26(35-23)30-22-5-3-2-4-21(22)28/h2-13,23H,14-16H2,1H3,(H,29,33)/t23-/m0/s1. The van der Waals surface area contributed by atoms with Gasteiger partial charge in [0.1, 0.15) is 28.3 Å². The second kappa shape index (κ2) is 11.1. The number of carbonyl (C=O) groups is 2. The van der Waals surface area contributed by atoms with Crippen molar-refractivity contribution in [3.63, 3.8) is 0 Å². The molecule has 0 aliphatic carbocycles. The third-order valence-electron chi connectivity index (χ3n) is 5.40. The minimum absolute atomic E-state index is 0.0354. The van der Waals surface area contributed by atoms with Gasteiger partial charge in [-0.2, -0.15) is 0 Å². The number of anilines is 1. The Morgan fingerprint density at radius 2 is 1.80 bits per heavy atom. The average Bonchev–Trinajstić information content (AvgIpc) is 2.86. The van der Waals surface area contributed by atoms with E-state index < -0.39 is 11.1 Å². The Morgan fingerprint density at radius 1 is 1.09 bits per heavy atom. The van der Waals surface area contributed by atoms with Gasteiger partial charge in [-0.3, -0.25) is 14.5 Å². The molecule has 35 heavy (non-hydrogen) atoms. The fourth-order valence-electron chi connectivity index (χ4n) is 3.50. The highest BCUT2D eigenvalue weighted by Gasteiger charge is 2.36. The number of hydrogen-bond donors (Lipinski definition) is 1. The monoisotopic (exact) mass is 495 g/mol. The first-order chi connectivity index (χ1) is 16.9. The van der Waals surface area contributed by atoms with Crippen molar-refractivity contribution >= 4 is 40.1 Å². The lowest BCUT2D eigenvalue weighted by Gasteiger charge is -2.32. The molecular formula is C26H23F2N3O3S. The lowest BCUT2D eigenvalue weighted by Crippen LogP contribution is -2.46. The van der Waals surface area contributed by atoms with Crippen LogP contribution in [0.15, 0.2) is 77.8 Å². The first-order valence-corrected chi connectivity index (χ1v) is 11.8. The first-order valence-electron chi connectivity index (χ1n) is 10.9. The van der Waals surface area contributed by atoms with E-state index in [4.69, 9.17) is 4.74 Å². The predicted molar refractivity (Wildman–Crippen MR) is 133 cm³/mol. The van der Waals surface area contributed by atoms with Crippen LogP contribution in [0.2, 0.25) is 0 Å². The lowest BCUT2D eigenvalue weighted by atomic mass is 10.1. The van der Waals surface area contributed by atoms with E-state index in [1.165, 1.54) is 29.2 Å². The van der Waals surface area contributed by atoms with Crippen molar-refractivity contribution in [2.45, 2.75) is 18.1 Å². The summed E-state index contributed by atoms with van der Waals surface area (Å²) in [5.74, 6) is -0.868. The predicted octanol–water partition coefficient (Wildman–Crippen LogP) is 5.18. The van der Waals surface area contributed by atoms with Crippen LogP contribution >= 0.6 is 11.8 Å². The molecule has 0 saturated carbocycles. The molecule has 3 aromatic rings. The van der Waals surface area contributed by atoms with E-state index in [2.05, 4.69) is 10.3 Å². The summed E-state index contributed by atoms with van der Waals surface area (Å²) in [5.41, 5.74) is 1.48. The first kappa shape index (κ1) is 24.4. The van der Waals surface area contributed by atoms with Crippen LogP contribution in [0.5, 0.6) is 5.75 Å². The zero-order chi connectivity index (χ0) is 24.8. The number of para-hydroxylation sites is 1. The molecule has 1 aliphatic rings. The number of thioether (sulfide) groups is 1. The SMILES string of the molecule is COc1ccc(NC(=O)[C@@H]2CC(=O)N(CCc3ccc(F)cc3)C(=Nc3ccccc3F)S2)cc1. The number of halogens is 2. The van der Waals surface area contributed by atoms with Crippen LogP contribution in [0.25, 0.3) is 0 Å². The van der Waals surface area contributed by atoms with Crippen molar-refractivity contribution in [1.29, 1.82) is 0 Å². The molecule has 6 nitrogen and oxygen atoms in total. The molecule has 0 unspecified atom stereocenters. The fraction of sp³-hybridized carbons (Fsp3) is 0.192. The highest BCUT2D eigenvalue weighted by Crippen LogP contribution is 2.31. The fourth-order valence-corrected chi connectivity index (χ4v) is 4.61. The molecule has 3 aromatic carbocycles. The molecule has 9 heteroatoms. The van der Waals surface area contributed by atoms with E-state index in [1.807, 2.05) is 0 Å². The van der Waals surface area contributed by atoms with E-state index in [9.17, 15) is 18.4 Å². The van der Waals surface area contributed by atoms with Gasteiger partial charge in [0.25, 0.3) is 0 Å². The summed E-state index contributed by atoms with van der Waals surface area (Å²) in [4.78, 5) is 31.9. The number of carbonyl (C=O) groups excluding carboxylic acids is 2. The molecular weight excluding hydrogens is 472 g/mol. The van der Waals surface area contributed by atoms with Gasteiger partial charge in [-0.25, -0.2) is 13.8 Å². The van der Waals surface area contributed by atoms with Crippen LogP contribution in [0.3, 0.4) is 0 Å². The number of rotatable bonds is 7. The van der Waals surface area contributed by atoms with Crippen LogP contribution in [0.4, 0.5) is 20.2 Å². The van der Waals surface area contributed by atoms with E-state index in [0.717, 1.165) is 17.3 Å². The number of ether oxygens (including phenoxy) is 1. The van der Waals surface area contributed by atoms with Gasteiger partial charge >= 0.3 is 0 Å². The number of amidine groups is 1. The molecule has 1 heterocycles. The number of methoxy groups -OCH3 is 1. The molecule has 1 atom stereocenters. The van der Waals surface area contributed by atoms with Crippen LogP contribution in [-0.2, 0) is 16.0 Å². The van der Waals surface area contributed by atoms with Gasteiger partial charge in [-0.1, -0.05) is 36.0 Å². The normalized spacial score (nSPS) is 16.9. The molecule has 1 saturated heterocycles. The molecule has 0 spiro atoms. The molecule has 4 rings (SSSR count). The zero-order valence-corrected chi connectivity index (χ0v) is 19.7. The Hall–Kier alpha value is -3.72. The highest BCUT2D eigenvalue weighted by atomic mass is 32.2. The molecule has 1 aliphatic heterocycles. The Labute approximate surface area is 206 Å². The van der Waals surface area contributed by atoms with Gasteiger partial charge in [0.15, 0.2) is 5.17 Å². The summed E-state index contributed by atoms with van der Waals surface area (Å²) in [6.45, 7) is 0.261. The van der Waals surface area contributed by atoms with Crippen molar-refractivity contribution in [2.24, 2.45) is 4.99 Å². The molecule has 0 radical (unpaired) electrons. The van der Waals surface area contributed by atoms with Gasteiger partial charge < -0.3 is 10.1 Å². The molecule has 180 valence electrons. The summed E-state index contributed by atoms with van der Waals surface area (Å²) in [5, 5.41) is 2.31. The van der Waals surface area contributed by atoms with Crippen molar-refractivity contribution in [3.8, 4) is 5.75 Å². The van der Waals surface area contributed by atoms with E-state index >= 15 is 0 Å². The van der Waals surface area contributed by atoms with Gasteiger partial charge in [-0.05, 0) is 60.5 Å². The van der Waals surface area contributed by atoms with Gasteiger partial charge in [0.2, 0.25) is 11.8 Å². The number of hydrogen-bond acceptors (Lipinski definition) is 5. The molecule has 2 amide bonds. The maximum atomic E-state index is 14.3. The highest BCUT2D eigenvalue weighted by molar-refractivity contribution is 8.15. The second-order valence-electron chi connectivity index (χ2n) is 7.80. The summed E-state index contributed by atoms with van der Waals surface area (Å²) in [7, 11) is 1.55. The van der Waals surface area contributed by atoms with Crippen molar-refractivity contribution in [3.05, 3.63) is 90.0 Å². The summed E-state index contributed by atoms with van der Waals surface area (Å²) in [6.07, 6.45) is 0.415. The molecule has 1 fully saturated rings. The lowest BCUT2D eigenvalue weighted by molar-refractivity contribution is -0.129. The summed E-state index contributed by atoms with van der Waals surface area (Å²) >= 11 is 1.11. The number of benzene rings is 3. The Balaban J connectivity index is 1.54. The number of aliphatic imine (C=N–C) groups is 1. The number of amides is 2. The minimum atomic E-state index is -0.739. The largest absolute Gasteiger partial charge is 0.497 e. The van der Waals surface area contributed by atoms with Crippen molar-refractivity contribution in [1.82, 2.24) is 4.90 Å². The van der Waals surface area contributed by atoms with E-state index in [-0.39, 0.29) is 41.5 Å². The van der Waals surface area contributed by atoms with Gasteiger partial charge in [-0.15, -0.1) is 0 Å². The summed E-state index contributed by atoms with van der Waals surface area (Å²) < 4.78 is 32.7. The maximum absolute atomic E-state index is 14.3. The van der Waals surface area contributed by atoms with Gasteiger partial charge in [0, 0.05) is 18.7 Å². The number of nitrogens with one attached hydrogen (secondary N) is 1. The molecule has 0 bridgehead atoms. The topological polar surface area (TPSA) is 71.0 Å². The van der Waals surface area contributed by atoms with Crippen LogP contribution in [0, 0.1) is 11.6 Å². The van der Waals surface area contributed by atoms with Crippen LogP contribution in [-0.4, -0.2) is 40.8 Å². The second-order valence-corrected chi connectivity index (χ2v) is 8.97. The maximum Gasteiger partial charge on any atom is 0.238 e.